The number of nitrogen functional groups attached to an aromatic ring is 1. The van der Waals surface area contributed by atoms with Crippen LogP contribution in [0.2, 0.25) is 0 Å². The number of tetrazole rings is 1. The maximum atomic E-state index is 5.71. The Morgan fingerprint density at radius 2 is 1.95 bits per heavy atom. The van der Waals surface area contributed by atoms with Crippen LogP contribution in [0.1, 0.15) is 13.8 Å². The van der Waals surface area contributed by atoms with Crippen molar-refractivity contribution in [3.8, 4) is 0 Å². The fourth-order valence-corrected chi connectivity index (χ4v) is 2.12. The van der Waals surface area contributed by atoms with Gasteiger partial charge < -0.3 is 10.6 Å². The summed E-state index contributed by atoms with van der Waals surface area (Å²) in [5.41, 5.74) is 5.71. The monoisotopic (exact) mass is 281 g/mol. The van der Waals surface area contributed by atoms with Gasteiger partial charge in [-0.3, -0.25) is 0 Å². The van der Waals surface area contributed by atoms with Crippen LogP contribution in [0.4, 0.5) is 11.9 Å². The predicted molar refractivity (Wildman–Crippen MR) is 70.7 cm³/mol. The van der Waals surface area contributed by atoms with Gasteiger partial charge in [-0.15, -0.1) is 5.10 Å². The Morgan fingerprint density at radius 3 is 2.53 bits per heavy atom. The highest BCUT2D eigenvalue weighted by Gasteiger charge is 2.13. The fourth-order valence-electron chi connectivity index (χ4n) is 1.44. The van der Waals surface area contributed by atoms with Crippen LogP contribution >= 0.6 is 11.8 Å². The Balaban J connectivity index is 2.29. The number of aromatic nitrogens is 7. The van der Waals surface area contributed by atoms with Gasteiger partial charge in [-0.05, 0) is 36.0 Å². The van der Waals surface area contributed by atoms with E-state index in [9.17, 15) is 0 Å². The van der Waals surface area contributed by atoms with E-state index >= 15 is 0 Å². The first kappa shape index (κ1) is 13.5. The molecule has 10 heteroatoms. The molecule has 2 rings (SSSR count). The van der Waals surface area contributed by atoms with Crippen molar-refractivity contribution in [3.63, 3.8) is 0 Å². The zero-order valence-electron chi connectivity index (χ0n) is 11.0. The van der Waals surface area contributed by atoms with Crippen LogP contribution in [0, 0.1) is 0 Å². The van der Waals surface area contributed by atoms with Gasteiger partial charge in [-0.2, -0.15) is 15.0 Å². The van der Waals surface area contributed by atoms with Crippen molar-refractivity contribution in [2.24, 2.45) is 7.05 Å². The van der Waals surface area contributed by atoms with Crippen LogP contribution in [0.15, 0.2) is 10.3 Å². The minimum atomic E-state index is 0.189. The van der Waals surface area contributed by atoms with E-state index in [0.717, 1.165) is 13.1 Å². The lowest BCUT2D eigenvalue weighted by molar-refractivity contribution is 0.663. The second-order valence-corrected chi connectivity index (χ2v) is 4.57. The third kappa shape index (κ3) is 3.08. The molecule has 2 N–H and O–H groups in total. The molecule has 2 aromatic heterocycles. The van der Waals surface area contributed by atoms with Gasteiger partial charge in [0, 0.05) is 20.1 Å². The van der Waals surface area contributed by atoms with E-state index in [-0.39, 0.29) is 5.95 Å². The van der Waals surface area contributed by atoms with Crippen LogP contribution in [0.3, 0.4) is 0 Å². The normalized spacial score (nSPS) is 10.7. The van der Waals surface area contributed by atoms with E-state index in [1.54, 1.807) is 11.7 Å². The summed E-state index contributed by atoms with van der Waals surface area (Å²) in [4.78, 5) is 14.6. The number of hydrogen-bond donors (Lipinski definition) is 1. The summed E-state index contributed by atoms with van der Waals surface area (Å²) in [6.07, 6.45) is 0. The van der Waals surface area contributed by atoms with Crippen molar-refractivity contribution >= 4 is 23.7 Å². The van der Waals surface area contributed by atoms with Gasteiger partial charge in [-0.1, -0.05) is 0 Å². The molecule has 0 aliphatic carbocycles. The molecule has 19 heavy (non-hydrogen) atoms. The lowest BCUT2D eigenvalue weighted by Crippen LogP contribution is -2.25. The summed E-state index contributed by atoms with van der Waals surface area (Å²) in [7, 11) is 1.75. The molecule has 0 aliphatic rings. The number of nitrogens with zero attached hydrogens (tertiary/aromatic N) is 8. The number of hydrogen-bond acceptors (Lipinski definition) is 9. The predicted octanol–water partition coefficient (Wildman–Crippen LogP) is -0.0253. The number of rotatable bonds is 5. The van der Waals surface area contributed by atoms with Crippen LogP contribution in [0.5, 0.6) is 0 Å². The number of aryl methyl sites for hydroxylation is 1. The molecule has 0 aromatic carbocycles. The van der Waals surface area contributed by atoms with Crippen molar-refractivity contribution in [2.45, 2.75) is 24.2 Å². The zero-order chi connectivity index (χ0) is 13.8. The molecule has 0 fully saturated rings. The minimum Gasteiger partial charge on any atom is -0.368 e. The fraction of sp³-hybridized carbons (Fsp3) is 0.556. The molecule has 0 saturated heterocycles. The molecule has 2 heterocycles. The SMILES string of the molecule is CCN(CC)c1nc(N)nc(Sc2nnnn2C)n1. The van der Waals surface area contributed by atoms with Crippen molar-refractivity contribution in [1.82, 2.24) is 35.2 Å². The van der Waals surface area contributed by atoms with Crippen LogP contribution < -0.4 is 10.6 Å². The molecular weight excluding hydrogens is 266 g/mol. The Kier molecular flexibility index (Phi) is 4.10. The first-order chi connectivity index (χ1) is 9.13. The summed E-state index contributed by atoms with van der Waals surface area (Å²) in [5, 5.41) is 12.2. The topological polar surface area (TPSA) is 112 Å². The molecular formula is C9H15N9S. The first-order valence-corrected chi connectivity index (χ1v) is 6.62. The van der Waals surface area contributed by atoms with Gasteiger partial charge in [0.25, 0.3) is 0 Å². The van der Waals surface area contributed by atoms with E-state index in [0.29, 0.717) is 16.3 Å². The molecule has 102 valence electrons. The molecule has 0 radical (unpaired) electrons. The maximum absolute atomic E-state index is 5.71. The highest BCUT2D eigenvalue weighted by Crippen LogP contribution is 2.23. The van der Waals surface area contributed by atoms with Gasteiger partial charge in [0.15, 0.2) is 0 Å². The summed E-state index contributed by atoms with van der Waals surface area (Å²) in [5.74, 6) is 0.754. The maximum Gasteiger partial charge on any atom is 0.231 e. The van der Waals surface area contributed by atoms with Gasteiger partial charge in [0.2, 0.25) is 22.2 Å². The van der Waals surface area contributed by atoms with Crippen LogP contribution in [-0.2, 0) is 7.05 Å². The standard InChI is InChI=1S/C9H15N9S/c1-4-18(5-2)7-11-6(10)12-8(13-7)19-9-14-15-16-17(9)3/h4-5H2,1-3H3,(H2,10,11,12,13). The van der Waals surface area contributed by atoms with Crippen molar-refractivity contribution in [3.05, 3.63) is 0 Å². The van der Waals surface area contributed by atoms with Crippen molar-refractivity contribution in [1.29, 1.82) is 0 Å². The smallest absolute Gasteiger partial charge is 0.231 e. The van der Waals surface area contributed by atoms with Gasteiger partial charge >= 0.3 is 0 Å². The Labute approximate surface area is 114 Å². The Bertz CT molecular complexity index is 550. The van der Waals surface area contributed by atoms with E-state index in [1.807, 2.05) is 18.7 Å². The second kappa shape index (κ2) is 5.78. The van der Waals surface area contributed by atoms with Crippen LogP contribution in [0.25, 0.3) is 0 Å². The average Bonchev–Trinajstić information content (AvgIpc) is 2.76. The van der Waals surface area contributed by atoms with Crippen molar-refractivity contribution in [2.75, 3.05) is 23.7 Å². The van der Waals surface area contributed by atoms with E-state index in [4.69, 9.17) is 5.73 Å². The summed E-state index contributed by atoms with van der Waals surface area (Å²) in [6, 6.07) is 0. The lowest BCUT2D eigenvalue weighted by Gasteiger charge is -2.18. The van der Waals surface area contributed by atoms with E-state index < -0.39 is 0 Å². The Hall–Kier alpha value is -1.97. The van der Waals surface area contributed by atoms with Crippen molar-refractivity contribution < 1.29 is 0 Å². The summed E-state index contributed by atoms with van der Waals surface area (Å²) < 4.78 is 1.54. The van der Waals surface area contributed by atoms with Gasteiger partial charge in [-0.25, -0.2) is 4.68 Å². The zero-order valence-corrected chi connectivity index (χ0v) is 11.8. The Morgan fingerprint density at radius 1 is 1.21 bits per heavy atom. The molecule has 2 aromatic rings. The highest BCUT2D eigenvalue weighted by molar-refractivity contribution is 7.99. The second-order valence-electron chi connectivity index (χ2n) is 3.64. The number of nitrogens with two attached hydrogens (primary N) is 1. The van der Waals surface area contributed by atoms with Gasteiger partial charge in [0.05, 0.1) is 0 Å². The molecule has 0 bridgehead atoms. The molecule has 0 saturated carbocycles. The molecule has 0 unspecified atom stereocenters. The van der Waals surface area contributed by atoms with Crippen LogP contribution in [-0.4, -0.2) is 48.2 Å². The molecule has 0 atom stereocenters. The summed E-state index contributed by atoms with van der Waals surface area (Å²) in [6.45, 7) is 5.66. The average molecular weight is 281 g/mol. The quantitative estimate of drug-likeness (QED) is 0.807. The van der Waals surface area contributed by atoms with Gasteiger partial charge in [0.1, 0.15) is 0 Å². The minimum absolute atomic E-state index is 0.189. The molecule has 0 aliphatic heterocycles. The molecule has 0 spiro atoms. The number of anilines is 2. The third-order valence-electron chi connectivity index (χ3n) is 2.43. The molecule has 9 nitrogen and oxygen atoms in total. The largest absolute Gasteiger partial charge is 0.368 e. The highest BCUT2D eigenvalue weighted by atomic mass is 32.2. The summed E-state index contributed by atoms with van der Waals surface area (Å²) >= 11 is 1.25. The van der Waals surface area contributed by atoms with E-state index in [2.05, 4.69) is 30.5 Å². The third-order valence-corrected chi connectivity index (χ3v) is 3.32. The lowest BCUT2D eigenvalue weighted by atomic mass is 10.5. The molecule has 0 amide bonds. The van der Waals surface area contributed by atoms with E-state index in [1.165, 1.54) is 11.8 Å². The first-order valence-electron chi connectivity index (χ1n) is 5.80.